The summed E-state index contributed by atoms with van der Waals surface area (Å²) in [4.78, 5) is 9.13. The molecule has 110 valence electrons. The second-order valence-corrected chi connectivity index (χ2v) is 7.49. The molecule has 0 saturated heterocycles. The largest absolute Gasteiger partial charge is 0.232 e. The van der Waals surface area contributed by atoms with E-state index in [0.29, 0.717) is 26.9 Å². The highest BCUT2D eigenvalue weighted by atomic mass is 127. The Hall–Kier alpha value is -0.100. The van der Waals surface area contributed by atoms with Gasteiger partial charge in [0.25, 0.3) is 0 Å². The zero-order valence-corrected chi connectivity index (χ0v) is 15.5. The van der Waals surface area contributed by atoms with Gasteiger partial charge in [0.2, 0.25) is 0 Å². The van der Waals surface area contributed by atoms with Crippen molar-refractivity contribution >= 4 is 57.4 Å². The number of hydrogen-bond donors (Lipinski definition) is 0. The molecule has 1 fully saturated rings. The van der Waals surface area contributed by atoms with E-state index in [4.69, 9.17) is 39.8 Å². The maximum atomic E-state index is 6.30. The van der Waals surface area contributed by atoms with E-state index in [1.807, 2.05) is 12.1 Å². The summed E-state index contributed by atoms with van der Waals surface area (Å²) in [6.45, 7) is 0. The number of halogens is 4. The average molecular weight is 454 g/mol. The van der Waals surface area contributed by atoms with Crippen molar-refractivity contribution in [3.8, 4) is 11.4 Å². The van der Waals surface area contributed by atoms with Gasteiger partial charge in [-0.05, 0) is 53.6 Å². The lowest BCUT2D eigenvalue weighted by Gasteiger charge is -2.13. The maximum Gasteiger partial charge on any atom is 0.161 e. The molecule has 0 atom stereocenters. The van der Waals surface area contributed by atoms with Gasteiger partial charge in [-0.2, -0.15) is 0 Å². The summed E-state index contributed by atoms with van der Waals surface area (Å²) in [6, 6.07) is 5.31. The molecular formula is C15H12Cl3IN2. The second-order valence-electron chi connectivity index (χ2n) is 5.18. The summed E-state index contributed by atoms with van der Waals surface area (Å²) in [5.74, 6) is 1.07. The molecular weight excluding hydrogens is 441 g/mol. The van der Waals surface area contributed by atoms with Crippen LogP contribution in [0.2, 0.25) is 15.2 Å². The molecule has 0 unspecified atom stereocenters. The van der Waals surface area contributed by atoms with Crippen molar-refractivity contribution in [2.45, 2.75) is 31.6 Å². The van der Waals surface area contributed by atoms with Crippen LogP contribution in [0.15, 0.2) is 18.2 Å². The van der Waals surface area contributed by atoms with Crippen LogP contribution in [0.4, 0.5) is 0 Å². The molecule has 0 spiro atoms. The molecule has 1 aromatic carbocycles. The van der Waals surface area contributed by atoms with Crippen molar-refractivity contribution < 1.29 is 0 Å². The first-order chi connectivity index (χ1) is 10.0. The molecule has 1 aromatic heterocycles. The first kappa shape index (κ1) is 15.8. The predicted octanol–water partition coefficient (Wildman–Crippen LogP) is 6.37. The number of aromatic nitrogens is 2. The van der Waals surface area contributed by atoms with Crippen molar-refractivity contribution in [2.75, 3.05) is 0 Å². The number of benzene rings is 1. The fourth-order valence-corrected chi connectivity index (χ4v) is 4.10. The molecule has 21 heavy (non-hydrogen) atoms. The Balaban J connectivity index is 2.10. The van der Waals surface area contributed by atoms with Gasteiger partial charge in [0.05, 0.1) is 9.26 Å². The van der Waals surface area contributed by atoms with Crippen LogP contribution < -0.4 is 0 Å². The van der Waals surface area contributed by atoms with Crippen molar-refractivity contribution in [1.82, 2.24) is 9.97 Å². The molecule has 0 N–H and O–H groups in total. The van der Waals surface area contributed by atoms with Gasteiger partial charge in [0.15, 0.2) is 5.82 Å². The van der Waals surface area contributed by atoms with E-state index >= 15 is 0 Å². The smallest absolute Gasteiger partial charge is 0.161 e. The SMILES string of the molecule is Clc1cc(Cl)cc(-c2nc(Cl)c(I)c(C3CCCC3)n2)c1. The summed E-state index contributed by atoms with van der Waals surface area (Å²) in [7, 11) is 0. The van der Waals surface area contributed by atoms with Crippen LogP contribution >= 0.6 is 57.4 Å². The third-order valence-electron chi connectivity index (χ3n) is 3.70. The lowest BCUT2D eigenvalue weighted by molar-refractivity contribution is 0.690. The summed E-state index contributed by atoms with van der Waals surface area (Å²) in [5.41, 5.74) is 1.85. The lowest BCUT2D eigenvalue weighted by Crippen LogP contribution is -2.04. The predicted molar refractivity (Wildman–Crippen MR) is 96.4 cm³/mol. The third kappa shape index (κ3) is 3.46. The number of rotatable bonds is 2. The van der Waals surface area contributed by atoms with Gasteiger partial charge in [-0.1, -0.05) is 47.6 Å². The van der Waals surface area contributed by atoms with Crippen LogP contribution in [0.3, 0.4) is 0 Å². The number of hydrogen-bond acceptors (Lipinski definition) is 2. The van der Waals surface area contributed by atoms with E-state index < -0.39 is 0 Å². The van der Waals surface area contributed by atoms with Gasteiger partial charge in [-0.25, -0.2) is 9.97 Å². The van der Waals surface area contributed by atoms with E-state index in [2.05, 4.69) is 27.6 Å². The van der Waals surface area contributed by atoms with E-state index in [0.717, 1.165) is 14.8 Å². The van der Waals surface area contributed by atoms with E-state index in [9.17, 15) is 0 Å². The highest BCUT2D eigenvalue weighted by molar-refractivity contribution is 14.1. The molecule has 1 aliphatic rings. The molecule has 0 amide bonds. The second kappa shape index (κ2) is 6.57. The quantitative estimate of drug-likeness (QED) is 0.390. The normalized spacial score (nSPS) is 15.6. The van der Waals surface area contributed by atoms with Crippen molar-refractivity contribution in [3.05, 3.63) is 42.7 Å². The molecule has 1 heterocycles. The molecule has 2 aromatic rings. The Morgan fingerprint density at radius 1 is 0.952 bits per heavy atom. The first-order valence-corrected chi connectivity index (χ1v) is 8.95. The number of nitrogens with zero attached hydrogens (tertiary/aromatic N) is 2. The van der Waals surface area contributed by atoms with Crippen LogP contribution in [0.5, 0.6) is 0 Å². The van der Waals surface area contributed by atoms with E-state index in [1.54, 1.807) is 6.07 Å². The molecule has 1 saturated carbocycles. The third-order valence-corrected chi connectivity index (χ3v) is 5.79. The van der Waals surface area contributed by atoms with Gasteiger partial charge >= 0.3 is 0 Å². The van der Waals surface area contributed by atoms with E-state index in [-0.39, 0.29) is 0 Å². The Labute approximate surface area is 152 Å². The van der Waals surface area contributed by atoms with Crippen LogP contribution in [0.1, 0.15) is 37.3 Å². The summed E-state index contributed by atoms with van der Waals surface area (Å²) in [6.07, 6.45) is 4.83. The fourth-order valence-electron chi connectivity index (χ4n) is 2.72. The molecule has 0 bridgehead atoms. The molecule has 2 nitrogen and oxygen atoms in total. The zero-order valence-electron chi connectivity index (χ0n) is 11.0. The minimum absolute atomic E-state index is 0.478. The highest BCUT2D eigenvalue weighted by Crippen LogP contribution is 2.38. The van der Waals surface area contributed by atoms with Gasteiger partial charge in [0.1, 0.15) is 5.15 Å². The van der Waals surface area contributed by atoms with Crippen LogP contribution in [-0.2, 0) is 0 Å². The van der Waals surface area contributed by atoms with Crippen LogP contribution in [0.25, 0.3) is 11.4 Å². The standard InChI is InChI=1S/C15H12Cl3IN2/c16-10-5-9(6-11(17)7-10)15-20-13(8-3-1-2-4-8)12(19)14(18)21-15/h5-8H,1-4H2. The Morgan fingerprint density at radius 2 is 1.57 bits per heavy atom. The fraction of sp³-hybridized carbons (Fsp3) is 0.333. The summed E-state index contributed by atoms with van der Waals surface area (Å²) < 4.78 is 0.957. The molecule has 6 heteroatoms. The van der Waals surface area contributed by atoms with Crippen molar-refractivity contribution in [3.63, 3.8) is 0 Å². The maximum absolute atomic E-state index is 6.30. The Kier molecular flexibility index (Phi) is 4.94. The lowest BCUT2D eigenvalue weighted by atomic mass is 10.0. The van der Waals surface area contributed by atoms with Crippen LogP contribution in [0, 0.1) is 3.57 Å². The average Bonchev–Trinajstić information content (AvgIpc) is 2.94. The molecule has 0 aliphatic heterocycles. The minimum Gasteiger partial charge on any atom is -0.232 e. The summed E-state index contributed by atoms with van der Waals surface area (Å²) >= 11 is 20.7. The Bertz CT molecular complexity index is 665. The van der Waals surface area contributed by atoms with Gasteiger partial charge in [-0.3, -0.25) is 0 Å². The first-order valence-electron chi connectivity index (χ1n) is 6.74. The van der Waals surface area contributed by atoms with Gasteiger partial charge < -0.3 is 0 Å². The van der Waals surface area contributed by atoms with Crippen LogP contribution in [-0.4, -0.2) is 9.97 Å². The molecule has 1 aliphatic carbocycles. The molecule has 3 rings (SSSR count). The van der Waals surface area contributed by atoms with Gasteiger partial charge in [0, 0.05) is 21.5 Å². The monoisotopic (exact) mass is 452 g/mol. The van der Waals surface area contributed by atoms with Crippen molar-refractivity contribution in [1.29, 1.82) is 0 Å². The van der Waals surface area contributed by atoms with Gasteiger partial charge in [-0.15, -0.1) is 0 Å². The Morgan fingerprint density at radius 3 is 2.19 bits per heavy atom. The molecule has 0 radical (unpaired) electrons. The zero-order chi connectivity index (χ0) is 15.0. The van der Waals surface area contributed by atoms with E-state index in [1.165, 1.54) is 25.7 Å². The highest BCUT2D eigenvalue weighted by Gasteiger charge is 2.23. The minimum atomic E-state index is 0.478. The topological polar surface area (TPSA) is 25.8 Å². The van der Waals surface area contributed by atoms with Crippen molar-refractivity contribution in [2.24, 2.45) is 0 Å². The summed E-state index contributed by atoms with van der Waals surface area (Å²) in [5, 5.41) is 1.63.